The summed E-state index contributed by atoms with van der Waals surface area (Å²) in [7, 11) is 0. The molecule has 1 unspecified atom stereocenters. The fourth-order valence-electron chi connectivity index (χ4n) is 7.79. The maximum absolute atomic E-state index is 10.0. The summed E-state index contributed by atoms with van der Waals surface area (Å²) < 4.78 is 4.70. The van der Waals surface area contributed by atoms with Crippen LogP contribution in [0.25, 0.3) is 71.7 Å². The number of hydrogen-bond donors (Lipinski definition) is 0. The van der Waals surface area contributed by atoms with E-state index in [4.69, 9.17) is 0 Å². The minimum Gasteiger partial charge on any atom is -0.313 e. The maximum atomic E-state index is 10.0. The van der Waals surface area contributed by atoms with Crippen LogP contribution in [0.15, 0.2) is 140 Å². The van der Waals surface area contributed by atoms with Gasteiger partial charge in [-0.3, -0.25) is 0 Å². The van der Waals surface area contributed by atoms with Gasteiger partial charge in [-0.2, -0.15) is 10.5 Å². The number of nitriles is 2. The molecule has 4 nitrogen and oxygen atoms in total. The average molecular weight is 615 g/mol. The Balaban J connectivity index is 1.16. The predicted octanol–water partition coefficient (Wildman–Crippen LogP) is 11.1. The van der Waals surface area contributed by atoms with Gasteiger partial charge in [-0.1, -0.05) is 91.0 Å². The first-order valence-electron chi connectivity index (χ1n) is 16.5. The van der Waals surface area contributed by atoms with E-state index in [1.807, 2.05) is 18.2 Å². The molecule has 0 spiro atoms. The Kier molecular flexibility index (Phi) is 6.49. The van der Waals surface area contributed by atoms with Gasteiger partial charge in [0.05, 0.1) is 45.7 Å². The van der Waals surface area contributed by atoms with E-state index in [9.17, 15) is 10.5 Å². The molecule has 0 saturated carbocycles. The highest BCUT2D eigenvalue weighted by Crippen LogP contribution is 2.43. The SMILES string of the molecule is N#Cc1ccc2c(c1)c1ccccc1n2C1=C(c2ccc(-c3cccc(-n4c5ccccc5c5ccccc54)c3)cc2)CCC(C#N)C1. The predicted molar refractivity (Wildman–Crippen MR) is 196 cm³/mol. The number of benzene rings is 6. The third-order valence-corrected chi connectivity index (χ3v) is 10.0. The number of aromatic nitrogens is 2. The van der Waals surface area contributed by atoms with E-state index >= 15 is 0 Å². The molecule has 1 atom stereocenters. The molecule has 0 aliphatic heterocycles. The Morgan fingerprint density at radius 2 is 1.12 bits per heavy atom. The van der Waals surface area contributed by atoms with Crippen molar-refractivity contribution in [3.63, 3.8) is 0 Å². The zero-order chi connectivity index (χ0) is 32.2. The first kappa shape index (κ1) is 27.9. The lowest BCUT2D eigenvalue weighted by atomic mass is 9.84. The van der Waals surface area contributed by atoms with Gasteiger partial charge < -0.3 is 9.13 Å². The first-order chi connectivity index (χ1) is 23.7. The van der Waals surface area contributed by atoms with Gasteiger partial charge in [0.1, 0.15) is 0 Å². The normalized spacial score (nSPS) is 14.9. The molecule has 0 N–H and O–H groups in total. The second-order valence-corrected chi connectivity index (χ2v) is 12.7. The Hall–Kier alpha value is -6.36. The standard InChI is InChI=1S/C44H30N4/c45-27-29-17-23-43-39(24-29)38-12-3-6-15-42(38)48(43)44-25-30(28-46)16-22-35(44)32-20-18-31(19-21-32)33-8-7-9-34(26-33)47-40-13-4-1-10-36(40)37-11-2-5-14-41(37)47/h1-15,17-21,23-24,26,30H,16,22,25H2. The van der Waals surface area contributed by atoms with E-state index in [-0.39, 0.29) is 5.92 Å². The minimum absolute atomic E-state index is 0.0406. The highest BCUT2D eigenvalue weighted by atomic mass is 15.0. The molecule has 0 amide bonds. The highest BCUT2D eigenvalue weighted by molar-refractivity contribution is 6.12. The third-order valence-electron chi connectivity index (χ3n) is 10.0. The summed E-state index contributed by atoms with van der Waals surface area (Å²) >= 11 is 0. The van der Waals surface area contributed by atoms with Gasteiger partial charge in [-0.05, 0) is 83.6 Å². The van der Waals surface area contributed by atoms with Gasteiger partial charge in [0.15, 0.2) is 0 Å². The van der Waals surface area contributed by atoms with Crippen molar-refractivity contribution in [2.24, 2.45) is 5.92 Å². The molecule has 2 aromatic heterocycles. The van der Waals surface area contributed by atoms with Crippen molar-refractivity contribution in [3.05, 3.63) is 151 Å². The summed E-state index contributed by atoms with van der Waals surface area (Å²) in [5.74, 6) is -0.0406. The molecule has 9 rings (SSSR count). The molecular formula is C44H30N4. The number of para-hydroxylation sites is 3. The van der Waals surface area contributed by atoms with E-state index < -0.39 is 0 Å². The van der Waals surface area contributed by atoms with Crippen molar-refractivity contribution < 1.29 is 0 Å². The number of hydrogen-bond acceptors (Lipinski definition) is 2. The molecule has 0 fully saturated rings. The smallest absolute Gasteiger partial charge is 0.0991 e. The fraction of sp³-hybridized carbons (Fsp3) is 0.0909. The van der Waals surface area contributed by atoms with Crippen LogP contribution in [0, 0.1) is 28.6 Å². The zero-order valence-electron chi connectivity index (χ0n) is 26.3. The number of nitrogens with zero attached hydrogens (tertiary/aromatic N) is 4. The van der Waals surface area contributed by atoms with Gasteiger partial charge in [0, 0.05) is 39.4 Å². The summed E-state index contributed by atoms with van der Waals surface area (Å²) in [6.45, 7) is 0. The lowest BCUT2D eigenvalue weighted by Gasteiger charge is -2.26. The molecule has 0 radical (unpaired) electrons. The first-order valence-corrected chi connectivity index (χ1v) is 16.5. The second kappa shape index (κ2) is 11.2. The molecule has 1 aliphatic rings. The van der Waals surface area contributed by atoms with Crippen LogP contribution in [0.1, 0.15) is 30.4 Å². The van der Waals surface area contributed by atoms with Gasteiger partial charge in [-0.25, -0.2) is 0 Å². The summed E-state index contributed by atoms with van der Waals surface area (Å²) in [6, 6.07) is 54.2. The summed E-state index contributed by atoms with van der Waals surface area (Å²) in [5.41, 5.74) is 12.3. The van der Waals surface area contributed by atoms with E-state index in [2.05, 4.69) is 143 Å². The molecule has 1 aliphatic carbocycles. The van der Waals surface area contributed by atoms with Crippen LogP contribution in [0.3, 0.4) is 0 Å². The van der Waals surface area contributed by atoms with Crippen LogP contribution < -0.4 is 0 Å². The Labute approximate surface area is 278 Å². The number of rotatable bonds is 4. The van der Waals surface area contributed by atoms with Gasteiger partial charge >= 0.3 is 0 Å². The molecule has 0 saturated heterocycles. The van der Waals surface area contributed by atoms with Crippen LogP contribution in [-0.2, 0) is 0 Å². The van der Waals surface area contributed by atoms with Crippen molar-refractivity contribution in [2.75, 3.05) is 0 Å². The van der Waals surface area contributed by atoms with Crippen LogP contribution in [0.2, 0.25) is 0 Å². The fourth-order valence-corrected chi connectivity index (χ4v) is 7.79. The highest BCUT2D eigenvalue weighted by Gasteiger charge is 2.26. The molecule has 2 heterocycles. The lowest BCUT2D eigenvalue weighted by molar-refractivity contribution is 0.603. The lowest BCUT2D eigenvalue weighted by Crippen LogP contribution is -2.12. The van der Waals surface area contributed by atoms with Gasteiger partial charge in [0.25, 0.3) is 0 Å². The summed E-state index contributed by atoms with van der Waals surface area (Å²) in [6.07, 6.45) is 2.36. The third kappa shape index (κ3) is 4.35. The van der Waals surface area contributed by atoms with Crippen LogP contribution in [-0.4, -0.2) is 9.13 Å². The molecule has 6 aromatic carbocycles. The average Bonchev–Trinajstić information content (AvgIpc) is 3.67. The van der Waals surface area contributed by atoms with Crippen LogP contribution in [0.4, 0.5) is 0 Å². The van der Waals surface area contributed by atoms with E-state index in [1.54, 1.807) is 0 Å². The van der Waals surface area contributed by atoms with Crippen LogP contribution >= 0.6 is 0 Å². The summed E-state index contributed by atoms with van der Waals surface area (Å²) in [5, 5.41) is 24.3. The number of allylic oxidation sites excluding steroid dienone is 2. The van der Waals surface area contributed by atoms with Crippen molar-refractivity contribution in [2.45, 2.75) is 19.3 Å². The molecular weight excluding hydrogens is 585 g/mol. The minimum atomic E-state index is -0.0406. The quantitative estimate of drug-likeness (QED) is 0.198. The van der Waals surface area contributed by atoms with Crippen LogP contribution in [0.5, 0.6) is 0 Å². The van der Waals surface area contributed by atoms with Crippen molar-refractivity contribution in [1.82, 2.24) is 9.13 Å². The van der Waals surface area contributed by atoms with Crippen molar-refractivity contribution in [1.29, 1.82) is 10.5 Å². The monoisotopic (exact) mass is 614 g/mol. The molecule has 0 bridgehead atoms. The van der Waals surface area contributed by atoms with Crippen molar-refractivity contribution in [3.8, 4) is 29.0 Å². The maximum Gasteiger partial charge on any atom is 0.0991 e. The summed E-state index contributed by atoms with van der Waals surface area (Å²) in [4.78, 5) is 0. The topological polar surface area (TPSA) is 57.4 Å². The Bertz CT molecular complexity index is 2620. The van der Waals surface area contributed by atoms with E-state index in [0.717, 1.165) is 45.9 Å². The van der Waals surface area contributed by atoms with Gasteiger partial charge in [0.2, 0.25) is 0 Å². The Morgan fingerprint density at radius 3 is 1.79 bits per heavy atom. The second-order valence-electron chi connectivity index (χ2n) is 12.7. The van der Waals surface area contributed by atoms with E-state index in [1.165, 1.54) is 44.2 Å². The largest absolute Gasteiger partial charge is 0.313 e. The molecule has 4 heteroatoms. The Morgan fingerprint density at radius 1 is 0.521 bits per heavy atom. The number of fused-ring (bicyclic) bond motifs is 6. The van der Waals surface area contributed by atoms with Crippen molar-refractivity contribution >= 4 is 54.9 Å². The zero-order valence-corrected chi connectivity index (χ0v) is 26.3. The molecule has 226 valence electrons. The van der Waals surface area contributed by atoms with Gasteiger partial charge in [-0.15, -0.1) is 0 Å². The molecule has 48 heavy (non-hydrogen) atoms. The van der Waals surface area contributed by atoms with E-state index in [0.29, 0.717) is 12.0 Å². The molecule has 8 aromatic rings.